The average Bonchev–Trinajstić information content (AvgIpc) is 2.50. The molecule has 0 aliphatic carbocycles. The van der Waals surface area contributed by atoms with E-state index < -0.39 is 0 Å². The summed E-state index contributed by atoms with van der Waals surface area (Å²) in [5, 5.41) is 0. The van der Waals surface area contributed by atoms with Crippen molar-refractivity contribution in [3.63, 3.8) is 0 Å². The number of fused-ring (bicyclic) bond motifs is 1. The van der Waals surface area contributed by atoms with Crippen molar-refractivity contribution < 1.29 is 4.74 Å². The van der Waals surface area contributed by atoms with Crippen molar-refractivity contribution in [2.24, 2.45) is 0 Å². The Bertz CT molecular complexity index is 500. The highest BCUT2D eigenvalue weighted by Crippen LogP contribution is 2.14. The second-order valence-electron chi connectivity index (χ2n) is 3.16. The first-order chi connectivity index (χ1) is 9.24. The maximum Gasteiger partial charge on any atom is 0.232 e. The van der Waals surface area contributed by atoms with Crippen molar-refractivity contribution in [1.29, 1.82) is 0 Å². The van der Waals surface area contributed by atoms with Crippen LogP contribution in [0, 0.1) is 6.92 Å². The third-order valence-electron chi connectivity index (χ3n) is 2.13. The normalized spacial score (nSPS) is 9.00. The SMILES string of the molecule is CC.CC.CCc1nc(C)c2nc(OC)cnc2n1. The van der Waals surface area contributed by atoms with Crippen LogP contribution in [-0.4, -0.2) is 27.0 Å². The summed E-state index contributed by atoms with van der Waals surface area (Å²) in [5.74, 6) is 1.28. The van der Waals surface area contributed by atoms with Crippen molar-refractivity contribution >= 4 is 11.2 Å². The summed E-state index contributed by atoms with van der Waals surface area (Å²) in [6.07, 6.45) is 2.36. The Hall–Kier alpha value is -1.78. The molecule has 2 aromatic heterocycles. The Balaban J connectivity index is 0.000000741. The minimum absolute atomic E-state index is 0.485. The summed E-state index contributed by atoms with van der Waals surface area (Å²) < 4.78 is 5.00. The van der Waals surface area contributed by atoms with Crippen LogP contribution in [0.3, 0.4) is 0 Å². The lowest BCUT2D eigenvalue weighted by Gasteiger charge is -2.03. The molecule has 0 bridgehead atoms. The molecule has 106 valence electrons. The van der Waals surface area contributed by atoms with Gasteiger partial charge in [-0.2, -0.15) is 0 Å². The van der Waals surface area contributed by atoms with Crippen LogP contribution in [0.1, 0.15) is 46.1 Å². The standard InChI is InChI=1S/C10H12N4O.2C2H6/c1-4-7-12-6(2)9-10(13-7)11-5-8(14-9)15-3;2*1-2/h5H,4H2,1-3H3;2*1-2H3. The molecule has 0 aromatic carbocycles. The van der Waals surface area contributed by atoms with Gasteiger partial charge in [0.25, 0.3) is 0 Å². The zero-order valence-electron chi connectivity index (χ0n) is 13.0. The number of hydrogen-bond acceptors (Lipinski definition) is 5. The Kier molecular flexibility index (Phi) is 8.33. The predicted octanol–water partition coefficient (Wildman–Crippen LogP) is 3.35. The first-order valence-corrected chi connectivity index (χ1v) is 6.79. The van der Waals surface area contributed by atoms with Gasteiger partial charge in [0, 0.05) is 6.42 Å². The molecule has 0 saturated heterocycles. The van der Waals surface area contributed by atoms with Crippen LogP contribution >= 0.6 is 0 Å². The molecule has 0 radical (unpaired) electrons. The van der Waals surface area contributed by atoms with Crippen LogP contribution in [0.2, 0.25) is 0 Å². The van der Waals surface area contributed by atoms with Gasteiger partial charge < -0.3 is 4.74 Å². The van der Waals surface area contributed by atoms with E-state index >= 15 is 0 Å². The quantitative estimate of drug-likeness (QED) is 0.832. The molecular weight excluding hydrogens is 240 g/mol. The maximum absolute atomic E-state index is 5.00. The lowest BCUT2D eigenvalue weighted by atomic mass is 10.3. The predicted molar refractivity (Wildman–Crippen MR) is 78.5 cm³/mol. The lowest BCUT2D eigenvalue weighted by Crippen LogP contribution is -2.01. The average molecular weight is 264 g/mol. The van der Waals surface area contributed by atoms with E-state index in [9.17, 15) is 0 Å². The molecule has 5 nitrogen and oxygen atoms in total. The van der Waals surface area contributed by atoms with Gasteiger partial charge in [-0.05, 0) is 6.92 Å². The van der Waals surface area contributed by atoms with Crippen LogP contribution in [-0.2, 0) is 6.42 Å². The Morgan fingerprint density at radius 2 is 1.68 bits per heavy atom. The molecule has 0 amide bonds. The van der Waals surface area contributed by atoms with E-state index in [0.717, 1.165) is 17.9 Å². The van der Waals surface area contributed by atoms with Gasteiger partial charge in [-0.25, -0.2) is 19.9 Å². The van der Waals surface area contributed by atoms with Crippen molar-refractivity contribution in [3.05, 3.63) is 17.7 Å². The van der Waals surface area contributed by atoms with Gasteiger partial charge in [-0.3, -0.25) is 0 Å². The van der Waals surface area contributed by atoms with Crippen LogP contribution in [0.15, 0.2) is 6.20 Å². The third kappa shape index (κ3) is 4.43. The number of nitrogens with zero attached hydrogens (tertiary/aromatic N) is 4. The van der Waals surface area contributed by atoms with Crippen molar-refractivity contribution in [3.8, 4) is 5.88 Å². The van der Waals surface area contributed by atoms with E-state index in [1.165, 1.54) is 0 Å². The first kappa shape index (κ1) is 17.2. The van der Waals surface area contributed by atoms with E-state index in [2.05, 4.69) is 19.9 Å². The highest BCUT2D eigenvalue weighted by Gasteiger charge is 2.07. The van der Waals surface area contributed by atoms with Crippen LogP contribution in [0.5, 0.6) is 5.88 Å². The van der Waals surface area contributed by atoms with E-state index in [1.807, 2.05) is 41.5 Å². The summed E-state index contributed by atoms with van der Waals surface area (Å²) in [6, 6.07) is 0. The van der Waals surface area contributed by atoms with Gasteiger partial charge in [0.15, 0.2) is 5.65 Å². The topological polar surface area (TPSA) is 60.8 Å². The molecule has 0 saturated carbocycles. The summed E-state index contributed by atoms with van der Waals surface area (Å²) >= 11 is 0. The fourth-order valence-corrected chi connectivity index (χ4v) is 1.34. The summed E-state index contributed by atoms with van der Waals surface area (Å²) in [7, 11) is 1.56. The van der Waals surface area contributed by atoms with Crippen molar-refractivity contribution in [1.82, 2.24) is 19.9 Å². The largest absolute Gasteiger partial charge is 0.480 e. The minimum Gasteiger partial charge on any atom is -0.480 e. The van der Waals surface area contributed by atoms with Gasteiger partial charge in [0.05, 0.1) is 19.0 Å². The number of methoxy groups -OCH3 is 1. The highest BCUT2D eigenvalue weighted by atomic mass is 16.5. The molecular formula is C14H24N4O. The highest BCUT2D eigenvalue weighted by molar-refractivity contribution is 5.72. The molecule has 0 unspecified atom stereocenters. The molecule has 0 spiro atoms. The third-order valence-corrected chi connectivity index (χ3v) is 2.13. The lowest BCUT2D eigenvalue weighted by molar-refractivity contribution is 0.397. The van der Waals surface area contributed by atoms with Gasteiger partial charge in [-0.1, -0.05) is 34.6 Å². The Morgan fingerprint density at radius 3 is 2.21 bits per heavy atom. The van der Waals surface area contributed by atoms with Gasteiger partial charge >= 0.3 is 0 Å². The smallest absolute Gasteiger partial charge is 0.232 e. The molecule has 2 heterocycles. The minimum atomic E-state index is 0.485. The summed E-state index contributed by atoms with van der Waals surface area (Å²) in [4.78, 5) is 17.1. The van der Waals surface area contributed by atoms with E-state index in [-0.39, 0.29) is 0 Å². The zero-order chi connectivity index (χ0) is 14.8. The number of ether oxygens (including phenoxy) is 1. The van der Waals surface area contributed by atoms with Crippen LogP contribution in [0.25, 0.3) is 11.2 Å². The summed E-state index contributed by atoms with van der Waals surface area (Å²) in [5.41, 5.74) is 2.16. The van der Waals surface area contributed by atoms with Crippen LogP contribution in [0.4, 0.5) is 0 Å². The molecule has 0 fully saturated rings. The number of aryl methyl sites for hydroxylation is 2. The van der Waals surface area contributed by atoms with Crippen LogP contribution < -0.4 is 4.74 Å². The van der Waals surface area contributed by atoms with Gasteiger partial charge in [0.1, 0.15) is 11.3 Å². The molecule has 2 aromatic rings. The first-order valence-electron chi connectivity index (χ1n) is 6.79. The second kappa shape index (κ2) is 9.19. The fraction of sp³-hybridized carbons (Fsp3) is 0.571. The molecule has 19 heavy (non-hydrogen) atoms. The Labute approximate surface area is 115 Å². The molecule has 2 rings (SSSR count). The van der Waals surface area contributed by atoms with Gasteiger partial charge in [-0.15, -0.1) is 0 Å². The number of hydrogen-bond donors (Lipinski definition) is 0. The van der Waals surface area contributed by atoms with E-state index in [4.69, 9.17) is 4.74 Å². The molecule has 0 aliphatic rings. The Morgan fingerprint density at radius 1 is 1.05 bits per heavy atom. The van der Waals surface area contributed by atoms with Gasteiger partial charge in [0.2, 0.25) is 5.88 Å². The monoisotopic (exact) mass is 264 g/mol. The van der Waals surface area contributed by atoms with Crippen molar-refractivity contribution in [2.45, 2.75) is 48.0 Å². The fourth-order valence-electron chi connectivity index (χ4n) is 1.34. The zero-order valence-corrected chi connectivity index (χ0v) is 13.0. The number of rotatable bonds is 2. The molecule has 0 aliphatic heterocycles. The second-order valence-corrected chi connectivity index (χ2v) is 3.16. The van der Waals surface area contributed by atoms with E-state index in [1.54, 1.807) is 13.3 Å². The number of aromatic nitrogens is 4. The summed E-state index contributed by atoms with van der Waals surface area (Å²) in [6.45, 7) is 11.9. The molecule has 0 N–H and O–H groups in total. The molecule has 5 heteroatoms. The van der Waals surface area contributed by atoms with Crippen molar-refractivity contribution in [2.75, 3.05) is 7.11 Å². The maximum atomic E-state index is 5.00. The molecule has 0 atom stereocenters. The van der Waals surface area contributed by atoms with E-state index in [0.29, 0.717) is 17.0 Å².